The highest BCUT2D eigenvalue weighted by molar-refractivity contribution is 5.57. The van der Waals surface area contributed by atoms with Crippen LogP contribution in [0.5, 0.6) is 0 Å². The zero-order valence-corrected chi connectivity index (χ0v) is 17.8. The van der Waals surface area contributed by atoms with Gasteiger partial charge in [-0.1, -0.05) is 6.07 Å². The number of anilines is 3. The molecule has 0 aliphatic carbocycles. The second-order valence-electron chi connectivity index (χ2n) is 7.80. The molecule has 0 spiro atoms. The van der Waals surface area contributed by atoms with E-state index in [0.29, 0.717) is 34.9 Å². The number of aryl methyl sites for hydroxylation is 2. The Kier molecular flexibility index (Phi) is 6.13. The highest BCUT2D eigenvalue weighted by Crippen LogP contribution is 2.26. The van der Waals surface area contributed by atoms with Crippen LogP contribution in [0.3, 0.4) is 0 Å². The van der Waals surface area contributed by atoms with Crippen LogP contribution in [0.4, 0.5) is 26.2 Å². The van der Waals surface area contributed by atoms with Crippen molar-refractivity contribution in [3.63, 3.8) is 0 Å². The molecule has 2 aromatic heterocycles. The van der Waals surface area contributed by atoms with Crippen LogP contribution in [-0.2, 0) is 4.74 Å². The zero-order chi connectivity index (χ0) is 22.0. The predicted octanol–water partition coefficient (Wildman–Crippen LogP) is 4.84. The first-order valence-corrected chi connectivity index (χ1v) is 10.4. The van der Waals surface area contributed by atoms with Crippen molar-refractivity contribution < 1.29 is 13.5 Å². The highest BCUT2D eigenvalue weighted by Gasteiger charge is 2.19. The fourth-order valence-corrected chi connectivity index (χ4v) is 3.84. The molecule has 0 radical (unpaired) electrons. The van der Waals surface area contributed by atoms with Crippen molar-refractivity contribution in [3.8, 4) is 0 Å². The summed E-state index contributed by atoms with van der Waals surface area (Å²) in [6, 6.07) is 7.21. The number of aromatic nitrogens is 4. The van der Waals surface area contributed by atoms with Crippen LogP contribution in [0.2, 0.25) is 0 Å². The minimum absolute atomic E-state index is 0.333. The minimum atomic E-state index is -0.603. The van der Waals surface area contributed by atoms with Crippen molar-refractivity contribution >= 4 is 17.5 Å². The summed E-state index contributed by atoms with van der Waals surface area (Å²) in [7, 11) is 0. The zero-order valence-electron chi connectivity index (χ0n) is 17.8. The number of halogens is 2. The largest absolute Gasteiger partial charge is 0.381 e. The maximum atomic E-state index is 14.1. The lowest BCUT2D eigenvalue weighted by Crippen LogP contribution is -2.21. The lowest BCUT2D eigenvalue weighted by molar-refractivity contribution is 0.0657. The molecule has 1 aromatic carbocycles. The van der Waals surface area contributed by atoms with Gasteiger partial charge in [0.2, 0.25) is 0 Å². The molecule has 1 fully saturated rings. The predicted molar refractivity (Wildman–Crippen MR) is 115 cm³/mol. The molecule has 1 atom stereocenters. The molecule has 0 saturated carbocycles. The van der Waals surface area contributed by atoms with Gasteiger partial charge >= 0.3 is 0 Å². The third-order valence-electron chi connectivity index (χ3n) is 5.35. The fourth-order valence-electron chi connectivity index (χ4n) is 3.84. The van der Waals surface area contributed by atoms with Gasteiger partial charge in [-0.3, -0.25) is 4.68 Å². The van der Waals surface area contributed by atoms with Crippen molar-refractivity contribution in [2.45, 2.75) is 45.7 Å². The molecular formula is C22H26F2N6O. The first kappa shape index (κ1) is 21.2. The molecule has 31 heavy (non-hydrogen) atoms. The van der Waals surface area contributed by atoms with Crippen molar-refractivity contribution in [2.24, 2.45) is 0 Å². The van der Waals surface area contributed by atoms with Crippen LogP contribution < -0.4 is 10.6 Å². The summed E-state index contributed by atoms with van der Waals surface area (Å²) in [4.78, 5) is 8.82. The summed E-state index contributed by atoms with van der Waals surface area (Å²) in [5.74, 6) is 1.17. The van der Waals surface area contributed by atoms with Gasteiger partial charge < -0.3 is 15.4 Å². The maximum Gasteiger partial charge on any atom is 0.153 e. The van der Waals surface area contributed by atoms with E-state index in [1.807, 2.05) is 17.7 Å². The summed E-state index contributed by atoms with van der Waals surface area (Å²) >= 11 is 0. The topological polar surface area (TPSA) is 76.9 Å². The summed E-state index contributed by atoms with van der Waals surface area (Å²) in [5.41, 5.74) is 1.43. The van der Waals surface area contributed by atoms with Gasteiger partial charge in [-0.15, -0.1) is 0 Å². The molecular weight excluding hydrogens is 402 g/mol. The van der Waals surface area contributed by atoms with Gasteiger partial charge in [-0.2, -0.15) is 5.10 Å². The minimum Gasteiger partial charge on any atom is -0.381 e. The van der Waals surface area contributed by atoms with Gasteiger partial charge in [-0.05, 0) is 39.7 Å². The standard InChI is InChI=1S/C22H26F2N6O/c1-13-10-22(29-30(13)17-6-8-31-9-7-17)28-21-12-20(26-15(3)27-21)25-14(2)18-5-4-16(23)11-19(18)24/h4-5,10-12,14,17H,6-9H2,1-3H3,(H2,25,26,27,28,29). The third kappa shape index (κ3) is 4.99. The van der Waals surface area contributed by atoms with Crippen molar-refractivity contribution in [3.05, 3.63) is 59.0 Å². The lowest BCUT2D eigenvalue weighted by Gasteiger charge is -2.23. The Hall–Kier alpha value is -3.07. The first-order chi connectivity index (χ1) is 14.9. The lowest BCUT2D eigenvalue weighted by atomic mass is 10.1. The Morgan fingerprint density at radius 1 is 1.03 bits per heavy atom. The average molecular weight is 428 g/mol. The quantitative estimate of drug-likeness (QED) is 0.585. The van der Waals surface area contributed by atoms with Crippen molar-refractivity contribution in [1.82, 2.24) is 19.7 Å². The van der Waals surface area contributed by atoms with Gasteiger partial charge in [0.05, 0.1) is 12.1 Å². The van der Waals surface area contributed by atoms with E-state index in [1.54, 1.807) is 19.9 Å². The van der Waals surface area contributed by atoms with Crippen molar-refractivity contribution in [1.29, 1.82) is 0 Å². The van der Waals surface area contributed by atoms with Crippen LogP contribution in [0.25, 0.3) is 0 Å². The number of hydrogen-bond donors (Lipinski definition) is 2. The Balaban J connectivity index is 1.50. The van der Waals surface area contributed by atoms with Crippen LogP contribution in [0.1, 0.15) is 48.9 Å². The number of ether oxygens (including phenoxy) is 1. The SMILES string of the molecule is Cc1nc(Nc2cc(C)n(C3CCOCC3)n2)cc(NC(C)c2ccc(F)cc2F)n1. The smallest absolute Gasteiger partial charge is 0.153 e. The Morgan fingerprint density at radius 3 is 2.52 bits per heavy atom. The molecule has 3 heterocycles. The molecule has 164 valence electrons. The monoisotopic (exact) mass is 428 g/mol. The molecule has 9 heteroatoms. The van der Waals surface area contributed by atoms with E-state index in [4.69, 9.17) is 9.84 Å². The molecule has 2 N–H and O–H groups in total. The van der Waals surface area contributed by atoms with Gasteiger partial charge in [0.25, 0.3) is 0 Å². The molecule has 1 aliphatic heterocycles. The van der Waals surface area contributed by atoms with Gasteiger partial charge in [-0.25, -0.2) is 18.7 Å². The van der Waals surface area contributed by atoms with Crippen LogP contribution in [-0.4, -0.2) is 33.0 Å². The van der Waals surface area contributed by atoms with E-state index < -0.39 is 17.7 Å². The van der Waals surface area contributed by atoms with Crippen molar-refractivity contribution in [2.75, 3.05) is 23.8 Å². The van der Waals surface area contributed by atoms with E-state index in [2.05, 4.69) is 20.6 Å². The maximum absolute atomic E-state index is 14.1. The summed E-state index contributed by atoms with van der Waals surface area (Å²) in [6.07, 6.45) is 1.89. The molecule has 0 bridgehead atoms. The molecule has 1 aliphatic rings. The number of hydrogen-bond acceptors (Lipinski definition) is 6. The molecule has 3 aromatic rings. The molecule has 1 unspecified atom stereocenters. The summed E-state index contributed by atoms with van der Waals surface area (Å²) in [5, 5.41) is 11.1. The van der Waals surface area contributed by atoms with E-state index in [-0.39, 0.29) is 0 Å². The van der Waals surface area contributed by atoms with E-state index in [9.17, 15) is 8.78 Å². The number of rotatable bonds is 6. The van der Waals surface area contributed by atoms with Crippen LogP contribution >= 0.6 is 0 Å². The fraction of sp³-hybridized carbons (Fsp3) is 0.409. The summed E-state index contributed by atoms with van der Waals surface area (Å²) in [6.45, 7) is 7.11. The molecule has 4 rings (SSSR count). The first-order valence-electron chi connectivity index (χ1n) is 10.4. The molecule has 0 amide bonds. The van der Waals surface area contributed by atoms with E-state index in [1.165, 1.54) is 12.1 Å². The number of nitrogens with zero attached hydrogens (tertiary/aromatic N) is 4. The highest BCUT2D eigenvalue weighted by atomic mass is 19.1. The average Bonchev–Trinajstić information content (AvgIpc) is 3.08. The van der Waals surface area contributed by atoms with Crippen LogP contribution in [0, 0.1) is 25.5 Å². The number of benzene rings is 1. The van der Waals surface area contributed by atoms with Gasteiger partial charge in [0.1, 0.15) is 29.1 Å². The molecule has 7 nitrogen and oxygen atoms in total. The van der Waals surface area contributed by atoms with Gasteiger partial charge in [0, 0.05) is 42.7 Å². The van der Waals surface area contributed by atoms with E-state index >= 15 is 0 Å². The third-order valence-corrected chi connectivity index (χ3v) is 5.35. The Labute approximate surface area is 179 Å². The molecule has 1 saturated heterocycles. The normalized spacial score (nSPS) is 15.6. The van der Waals surface area contributed by atoms with E-state index in [0.717, 1.165) is 37.8 Å². The van der Waals surface area contributed by atoms with Crippen LogP contribution in [0.15, 0.2) is 30.3 Å². The second kappa shape index (κ2) is 8.97. The summed E-state index contributed by atoms with van der Waals surface area (Å²) < 4.78 is 34.8. The second-order valence-corrected chi connectivity index (χ2v) is 7.80. The Morgan fingerprint density at radius 2 is 1.77 bits per heavy atom. The number of nitrogens with one attached hydrogen (secondary N) is 2. The Bertz CT molecular complexity index is 1060. The van der Waals surface area contributed by atoms with Gasteiger partial charge in [0.15, 0.2) is 5.82 Å².